The van der Waals surface area contributed by atoms with Crippen molar-refractivity contribution < 1.29 is 28.8 Å². The Kier molecular flexibility index (Phi) is 7.97. The van der Waals surface area contributed by atoms with Gasteiger partial charge in [0.15, 0.2) is 0 Å². The van der Waals surface area contributed by atoms with Crippen molar-refractivity contribution in [3.8, 4) is 0 Å². The van der Waals surface area contributed by atoms with Gasteiger partial charge in [-0.25, -0.2) is 4.79 Å². The first-order valence-corrected chi connectivity index (χ1v) is 8.67. The molecular weight excluding hydrogens is 332 g/mol. The third-order valence-corrected chi connectivity index (χ3v) is 4.03. The molecule has 0 spiro atoms. The number of aliphatic hydroxyl groups excluding tert-OH is 1. The highest BCUT2D eigenvalue weighted by Crippen LogP contribution is 2.32. The van der Waals surface area contributed by atoms with Crippen LogP contribution in [0.15, 0.2) is 41.3 Å². The van der Waals surface area contributed by atoms with Crippen molar-refractivity contribution in [2.75, 3.05) is 33.0 Å². The molecule has 2 rings (SSSR count). The van der Waals surface area contributed by atoms with Crippen LogP contribution >= 0.6 is 11.3 Å². The molecule has 132 valence electrons. The van der Waals surface area contributed by atoms with Crippen LogP contribution in [0.4, 0.5) is 0 Å². The molecule has 0 bridgehead atoms. The van der Waals surface area contributed by atoms with E-state index in [1.165, 1.54) is 6.08 Å². The van der Waals surface area contributed by atoms with E-state index in [2.05, 4.69) is 6.58 Å². The molecule has 0 saturated heterocycles. The maximum atomic E-state index is 12.1. The monoisotopic (exact) mass is 354 g/mol. The van der Waals surface area contributed by atoms with Gasteiger partial charge in [-0.1, -0.05) is 12.7 Å². The molecule has 1 aliphatic rings. The van der Waals surface area contributed by atoms with E-state index in [0.29, 0.717) is 19.6 Å². The molecule has 0 unspecified atom stereocenters. The zero-order valence-electron chi connectivity index (χ0n) is 13.4. The largest absolute Gasteiger partial charge is 0.458 e. The van der Waals surface area contributed by atoms with Gasteiger partial charge in [0.1, 0.15) is 6.61 Å². The van der Waals surface area contributed by atoms with Crippen molar-refractivity contribution in [3.05, 3.63) is 46.9 Å². The number of esters is 1. The SMILES string of the molecule is C=CCOC(=O)C1=C[C@@H](c2ccsc2)C[C@@H](OCCOCCO)O1. The first-order valence-electron chi connectivity index (χ1n) is 7.73. The molecule has 0 fully saturated rings. The molecule has 24 heavy (non-hydrogen) atoms. The van der Waals surface area contributed by atoms with Crippen LogP contribution in [0.3, 0.4) is 0 Å². The molecule has 0 saturated carbocycles. The smallest absolute Gasteiger partial charge is 0.373 e. The fourth-order valence-corrected chi connectivity index (χ4v) is 2.96. The Hall–Kier alpha value is -1.67. The summed E-state index contributed by atoms with van der Waals surface area (Å²) in [4.78, 5) is 12.1. The van der Waals surface area contributed by atoms with Crippen molar-refractivity contribution in [1.29, 1.82) is 0 Å². The molecule has 1 aromatic heterocycles. The van der Waals surface area contributed by atoms with Crippen LogP contribution in [0.2, 0.25) is 0 Å². The fourth-order valence-electron chi connectivity index (χ4n) is 2.23. The molecule has 7 heteroatoms. The van der Waals surface area contributed by atoms with Crippen molar-refractivity contribution in [2.24, 2.45) is 0 Å². The lowest BCUT2D eigenvalue weighted by Gasteiger charge is -2.28. The van der Waals surface area contributed by atoms with Crippen LogP contribution in [0, 0.1) is 0 Å². The summed E-state index contributed by atoms with van der Waals surface area (Å²) in [6, 6.07) is 2.02. The Bertz CT molecular complexity index is 539. The maximum Gasteiger partial charge on any atom is 0.373 e. The summed E-state index contributed by atoms with van der Waals surface area (Å²) in [7, 11) is 0. The number of ether oxygens (including phenoxy) is 4. The molecule has 1 N–H and O–H groups in total. The van der Waals surface area contributed by atoms with Crippen LogP contribution in [0.25, 0.3) is 0 Å². The number of aliphatic hydroxyl groups is 1. The number of allylic oxidation sites excluding steroid dienone is 1. The predicted molar refractivity (Wildman–Crippen MR) is 89.6 cm³/mol. The molecule has 2 atom stereocenters. The van der Waals surface area contributed by atoms with E-state index in [9.17, 15) is 4.79 Å². The van der Waals surface area contributed by atoms with Gasteiger partial charge in [0.25, 0.3) is 0 Å². The van der Waals surface area contributed by atoms with Crippen LogP contribution in [0.5, 0.6) is 0 Å². The average molecular weight is 354 g/mol. The zero-order chi connectivity index (χ0) is 17.2. The van der Waals surface area contributed by atoms with Gasteiger partial charge in [-0.15, -0.1) is 0 Å². The van der Waals surface area contributed by atoms with Crippen molar-refractivity contribution in [2.45, 2.75) is 18.6 Å². The van der Waals surface area contributed by atoms with E-state index < -0.39 is 12.3 Å². The summed E-state index contributed by atoms with van der Waals surface area (Å²) in [5.41, 5.74) is 1.11. The maximum absolute atomic E-state index is 12.1. The van der Waals surface area contributed by atoms with Crippen molar-refractivity contribution >= 4 is 17.3 Å². The Morgan fingerprint density at radius 3 is 3.04 bits per heavy atom. The molecule has 0 amide bonds. The Balaban J connectivity index is 1.97. The highest BCUT2D eigenvalue weighted by molar-refractivity contribution is 7.08. The number of carbonyl (C=O) groups is 1. The third kappa shape index (κ3) is 5.76. The lowest BCUT2D eigenvalue weighted by atomic mass is 9.95. The summed E-state index contributed by atoms with van der Waals surface area (Å²) in [5, 5.41) is 12.7. The Labute approximate surface area is 145 Å². The molecule has 6 nitrogen and oxygen atoms in total. The number of hydrogen-bond acceptors (Lipinski definition) is 7. The van der Waals surface area contributed by atoms with Crippen molar-refractivity contribution in [1.82, 2.24) is 0 Å². The van der Waals surface area contributed by atoms with Crippen LogP contribution in [-0.4, -0.2) is 50.4 Å². The predicted octanol–water partition coefficient (Wildman–Crippen LogP) is 2.22. The molecular formula is C17H22O6S. The number of rotatable bonds is 10. The van der Waals surface area contributed by atoms with Gasteiger partial charge in [0.05, 0.1) is 26.4 Å². The second-order valence-corrected chi connectivity index (χ2v) is 5.85. The Morgan fingerprint density at radius 2 is 2.33 bits per heavy atom. The number of hydrogen-bond donors (Lipinski definition) is 1. The lowest BCUT2D eigenvalue weighted by molar-refractivity contribution is -0.163. The second-order valence-electron chi connectivity index (χ2n) is 5.07. The minimum absolute atomic E-state index is 0.0256. The van der Waals surface area contributed by atoms with Gasteiger partial charge in [-0.05, 0) is 28.5 Å². The van der Waals surface area contributed by atoms with Gasteiger partial charge in [0.2, 0.25) is 12.0 Å². The van der Waals surface area contributed by atoms with Gasteiger partial charge < -0.3 is 24.1 Å². The van der Waals surface area contributed by atoms with Crippen LogP contribution < -0.4 is 0 Å². The molecule has 0 aliphatic carbocycles. The third-order valence-electron chi connectivity index (χ3n) is 3.33. The van der Waals surface area contributed by atoms with Crippen LogP contribution in [-0.2, 0) is 23.7 Å². The van der Waals surface area contributed by atoms with E-state index >= 15 is 0 Å². The molecule has 0 radical (unpaired) electrons. The highest BCUT2D eigenvalue weighted by atomic mass is 32.1. The standard InChI is InChI=1S/C17H22O6S/c1-2-5-22-17(19)15-10-14(13-3-9-24-12-13)11-16(23-15)21-8-7-20-6-4-18/h2-3,9-10,12,14,16,18H,1,4-8,11H2/t14-,16+/m1/s1. The van der Waals surface area contributed by atoms with Crippen molar-refractivity contribution in [3.63, 3.8) is 0 Å². The average Bonchev–Trinajstić information content (AvgIpc) is 3.14. The van der Waals surface area contributed by atoms with Gasteiger partial charge in [-0.2, -0.15) is 11.3 Å². The summed E-state index contributed by atoms with van der Waals surface area (Å²) >= 11 is 1.60. The summed E-state index contributed by atoms with van der Waals surface area (Å²) in [5.74, 6) is -0.347. The van der Waals surface area contributed by atoms with E-state index in [4.69, 9.17) is 24.1 Å². The Morgan fingerprint density at radius 1 is 1.46 bits per heavy atom. The van der Waals surface area contributed by atoms with Gasteiger partial charge in [-0.3, -0.25) is 0 Å². The van der Waals surface area contributed by atoms with E-state index in [1.807, 2.05) is 16.8 Å². The molecule has 1 aromatic rings. The zero-order valence-corrected chi connectivity index (χ0v) is 14.2. The second kappa shape index (κ2) is 10.2. The van der Waals surface area contributed by atoms with Gasteiger partial charge in [0, 0.05) is 12.3 Å². The summed E-state index contributed by atoms with van der Waals surface area (Å²) < 4.78 is 21.5. The first-order chi connectivity index (χ1) is 11.7. The molecule has 2 heterocycles. The van der Waals surface area contributed by atoms with E-state index in [1.54, 1.807) is 17.4 Å². The number of thiophene rings is 1. The first kappa shape index (κ1) is 18.7. The summed E-state index contributed by atoms with van der Waals surface area (Å²) in [6.45, 7) is 4.56. The van der Waals surface area contributed by atoms with Crippen LogP contribution in [0.1, 0.15) is 17.9 Å². The summed E-state index contributed by atoms with van der Waals surface area (Å²) in [6.07, 6.45) is 3.33. The minimum atomic E-state index is -0.552. The molecule has 0 aromatic carbocycles. The lowest BCUT2D eigenvalue weighted by Crippen LogP contribution is -2.28. The van der Waals surface area contributed by atoms with E-state index in [-0.39, 0.29) is 31.5 Å². The normalized spacial score (nSPS) is 20.1. The van der Waals surface area contributed by atoms with E-state index in [0.717, 1.165) is 5.56 Å². The highest BCUT2D eigenvalue weighted by Gasteiger charge is 2.29. The quantitative estimate of drug-likeness (QED) is 0.394. The molecule has 1 aliphatic heterocycles. The fraction of sp³-hybridized carbons (Fsp3) is 0.471. The number of carbonyl (C=O) groups excluding carboxylic acids is 1. The topological polar surface area (TPSA) is 74.2 Å². The minimum Gasteiger partial charge on any atom is -0.458 e. The van der Waals surface area contributed by atoms with Gasteiger partial charge >= 0.3 is 5.97 Å².